The Hall–Kier alpha value is -1.22. The Morgan fingerprint density at radius 2 is 1.55 bits per heavy atom. The second-order valence-corrected chi connectivity index (χ2v) is 6.46. The van der Waals surface area contributed by atoms with Crippen LogP contribution in [-0.2, 0) is 0 Å². The molecule has 3 atom stereocenters. The van der Waals surface area contributed by atoms with E-state index >= 15 is 0 Å². The van der Waals surface area contributed by atoms with Gasteiger partial charge >= 0.3 is 0 Å². The molecule has 2 N–H and O–H groups in total. The van der Waals surface area contributed by atoms with Crippen LogP contribution in [0.1, 0.15) is 33.1 Å². The second kappa shape index (κ2) is 5.65. The lowest BCUT2D eigenvalue weighted by Gasteiger charge is -2.43. The minimum Gasteiger partial charge on any atom is -0.372 e. The van der Waals surface area contributed by atoms with Crippen molar-refractivity contribution >= 4 is 11.4 Å². The standard InChI is InChI=1S/C17H27N3/c1-13-14(2)20(12-9-17(13)18)16-7-5-15(6-8-16)19-10-3-4-11-19/h5-8,13-14,17H,3-4,9-12,18H2,1-2H3. The van der Waals surface area contributed by atoms with Crippen molar-refractivity contribution in [3.63, 3.8) is 0 Å². The van der Waals surface area contributed by atoms with Crippen molar-refractivity contribution in [2.75, 3.05) is 29.4 Å². The fraction of sp³-hybridized carbons (Fsp3) is 0.647. The molecule has 3 unspecified atom stereocenters. The van der Waals surface area contributed by atoms with Crippen molar-refractivity contribution in [1.29, 1.82) is 0 Å². The van der Waals surface area contributed by atoms with E-state index in [2.05, 4.69) is 47.9 Å². The number of nitrogens with two attached hydrogens (primary N) is 1. The fourth-order valence-corrected chi connectivity index (χ4v) is 3.59. The first-order valence-electron chi connectivity index (χ1n) is 8.04. The van der Waals surface area contributed by atoms with Crippen LogP contribution in [0.5, 0.6) is 0 Å². The Morgan fingerprint density at radius 3 is 2.20 bits per heavy atom. The summed E-state index contributed by atoms with van der Waals surface area (Å²) in [7, 11) is 0. The van der Waals surface area contributed by atoms with Crippen molar-refractivity contribution < 1.29 is 0 Å². The highest BCUT2D eigenvalue weighted by Gasteiger charge is 2.30. The zero-order valence-electron chi connectivity index (χ0n) is 12.8. The first-order valence-corrected chi connectivity index (χ1v) is 8.04. The van der Waals surface area contributed by atoms with E-state index in [0.29, 0.717) is 18.0 Å². The van der Waals surface area contributed by atoms with E-state index in [9.17, 15) is 0 Å². The molecule has 2 heterocycles. The molecule has 0 radical (unpaired) electrons. The number of piperidine rings is 1. The van der Waals surface area contributed by atoms with Gasteiger partial charge in [-0.25, -0.2) is 0 Å². The molecule has 0 bridgehead atoms. The summed E-state index contributed by atoms with van der Waals surface area (Å²) in [6.07, 6.45) is 3.76. The predicted molar refractivity (Wildman–Crippen MR) is 86.5 cm³/mol. The van der Waals surface area contributed by atoms with Crippen LogP contribution in [0.3, 0.4) is 0 Å². The van der Waals surface area contributed by atoms with Gasteiger partial charge in [-0.15, -0.1) is 0 Å². The molecule has 2 fully saturated rings. The summed E-state index contributed by atoms with van der Waals surface area (Å²) in [5.74, 6) is 0.557. The molecule has 3 rings (SSSR count). The van der Waals surface area contributed by atoms with Gasteiger partial charge in [-0.1, -0.05) is 6.92 Å². The van der Waals surface area contributed by atoms with Crippen LogP contribution in [0, 0.1) is 5.92 Å². The second-order valence-electron chi connectivity index (χ2n) is 6.46. The summed E-state index contributed by atoms with van der Waals surface area (Å²) in [6, 6.07) is 10.0. The van der Waals surface area contributed by atoms with Crippen LogP contribution in [0.15, 0.2) is 24.3 Å². The fourth-order valence-electron chi connectivity index (χ4n) is 3.59. The highest BCUT2D eigenvalue weighted by atomic mass is 15.2. The minimum atomic E-state index is 0.352. The molecule has 2 saturated heterocycles. The Kier molecular flexibility index (Phi) is 3.88. The molecular formula is C17H27N3. The summed E-state index contributed by atoms with van der Waals surface area (Å²) >= 11 is 0. The highest BCUT2D eigenvalue weighted by Crippen LogP contribution is 2.30. The maximum absolute atomic E-state index is 6.18. The van der Waals surface area contributed by atoms with Crippen molar-refractivity contribution in [1.82, 2.24) is 0 Å². The monoisotopic (exact) mass is 273 g/mol. The third kappa shape index (κ3) is 2.51. The maximum Gasteiger partial charge on any atom is 0.0370 e. The molecule has 2 aliphatic heterocycles. The molecule has 1 aromatic rings. The van der Waals surface area contributed by atoms with Gasteiger partial charge in [-0.2, -0.15) is 0 Å². The van der Waals surface area contributed by atoms with Crippen LogP contribution < -0.4 is 15.5 Å². The largest absolute Gasteiger partial charge is 0.372 e. The summed E-state index contributed by atoms with van der Waals surface area (Å²) in [6.45, 7) is 8.09. The molecule has 0 aromatic heterocycles. The number of benzene rings is 1. The van der Waals surface area contributed by atoms with Gasteiger partial charge in [0.15, 0.2) is 0 Å². The Bertz CT molecular complexity index is 436. The lowest BCUT2D eigenvalue weighted by Crippen LogP contribution is -2.51. The van der Waals surface area contributed by atoms with E-state index in [1.807, 2.05) is 0 Å². The molecule has 0 amide bonds. The highest BCUT2D eigenvalue weighted by molar-refractivity contribution is 5.57. The van der Waals surface area contributed by atoms with Crippen molar-refractivity contribution in [3.8, 4) is 0 Å². The third-order valence-electron chi connectivity index (χ3n) is 5.28. The number of rotatable bonds is 2. The Labute approximate surface area is 122 Å². The molecule has 3 heteroatoms. The van der Waals surface area contributed by atoms with E-state index < -0.39 is 0 Å². The molecular weight excluding hydrogens is 246 g/mol. The van der Waals surface area contributed by atoms with E-state index in [1.165, 1.54) is 37.3 Å². The summed E-state index contributed by atoms with van der Waals surface area (Å²) in [4.78, 5) is 5.00. The van der Waals surface area contributed by atoms with Gasteiger partial charge < -0.3 is 15.5 Å². The first kappa shape index (κ1) is 13.7. The smallest absolute Gasteiger partial charge is 0.0370 e. The van der Waals surface area contributed by atoms with Crippen molar-refractivity contribution in [2.45, 2.75) is 45.2 Å². The van der Waals surface area contributed by atoms with Gasteiger partial charge in [-0.3, -0.25) is 0 Å². The van der Waals surface area contributed by atoms with Gasteiger partial charge in [-0.05, 0) is 56.4 Å². The van der Waals surface area contributed by atoms with Gasteiger partial charge in [0.1, 0.15) is 0 Å². The molecule has 2 aliphatic rings. The molecule has 0 aliphatic carbocycles. The van der Waals surface area contributed by atoms with Crippen LogP contribution in [0.25, 0.3) is 0 Å². The first-order chi connectivity index (χ1) is 9.66. The molecule has 20 heavy (non-hydrogen) atoms. The molecule has 3 nitrogen and oxygen atoms in total. The van der Waals surface area contributed by atoms with Crippen molar-refractivity contribution in [2.24, 2.45) is 11.7 Å². The Morgan fingerprint density at radius 1 is 0.950 bits per heavy atom. The van der Waals surface area contributed by atoms with Crippen molar-refractivity contribution in [3.05, 3.63) is 24.3 Å². The Balaban J connectivity index is 1.74. The zero-order valence-corrected chi connectivity index (χ0v) is 12.8. The van der Waals surface area contributed by atoms with Crippen LogP contribution in [0.4, 0.5) is 11.4 Å². The lowest BCUT2D eigenvalue weighted by atomic mass is 9.87. The summed E-state index contributed by atoms with van der Waals surface area (Å²) in [5, 5.41) is 0. The molecule has 0 saturated carbocycles. The van der Waals surface area contributed by atoms with Crippen LogP contribution >= 0.6 is 0 Å². The number of hydrogen-bond acceptors (Lipinski definition) is 3. The normalized spacial score (nSPS) is 30.9. The minimum absolute atomic E-state index is 0.352. The number of anilines is 2. The average molecular weight is 273 g/mol. The van der Waals surface area contributed by atoms with Gasteiger partial charge in [0.2, 0.25) is 0 Å². The molecule has 1 aromatic carbocycles. The lowest BCUT2D eigenvalue weighted by molar-refractivity contribution is 0.315. The maximum atomic E-state index is 6.18. The van der Waals surface area contributed by atoms with Gasteiger partial charge in [0.05, 0.1) is 0 Å². The zero-order chi connectivity index (χ0) is 14.1. The predicted octanol–water partition coefficient (Wildman–Crippen LogP) is 2.85. The van der Waals surface area contributed by atoms with Crippen LogP contribution in [-0.4, -0.2) is 31.7 Å². The summed E-state index contributed by atoms with van der Waals surface area (Å²) in [5.41, 5.74) is 8.90. The van der Waals surface area contributed by atoms with Crippen LogP contribution in [0.2, 0.25) is 0 Å². The van der Waals surface area contributed by atoms with E-state index in [0.717, 1.165) is 13.0 Å². The summed E-state index contributed by atoms with van der Waals surface area (Å²) < 4.78 is 0. The van der Waals surface area contributed by atoms with Gasteiger partial charge in [0.25, 0.3) is 0 Å². The number of hydrogen-bond donors (Lipinski definition) is 1. The SMILES string of the molecule is CC1C(N)CCN(c2ccc(N3CCCC3)cc2)C1C. The van der Waals surface area contributed by atoms with Gasteiger partial charge in [0, 0.05) is 43.1 Å². The van der Waals surface area contributed by atoms with E-state index in [1.54, 1.807) is 0 Å². The quantitative estimate of drug-likeness (QED) is 0.899. The van der Waals surface area contributed by atoms with E-state index in [4.69, 9.17) is 5.73 Å². The molecule has 110 valence electrons. The molecule has 0 spiro atoms. The van der Waals surface area contributed by atoms with E-state index in [-0.39, 0.29) is 0 Å². The average Bonchev–Trinajstić information content (AvgIpc) is 3.00. The topological polar surface area (TPSA) is 32.5 Å². The third-order valence-corrected chi connectivity index (χ3v) is 5.28. The number of nitrogens with zero attached hydrogens (tertiary/aromatic N) is 2.